The molecule has 2 N–H and O–H groups in total. The van der Waals surface area contributed by atoms with Crippen LogP contribution in [0, 0.1) is 5.41 Å². The van der Waals surface area contributed by atoms with Gasteiger partial charge in [0.1, 0.15) is 0 Å². The maximum absolute atomic E-state index is 5.90. The first-order chi connectivity index (χ1) is 6.96. The van der Waals surface area contributed by atoms with E-state index in [1.165, 1.54) is 0 Å². The van der Waals surface area contributed by atoms with E-state index >= 15 is 0 Å². The van der Waals surface area contributed by atoms with Crippen molar-refractivity contribution in [2.24, 2.45) is 11.1 Å². The summed E-state index contributed by atoms with van der Waals surface area (Å²) in [5, 5.41) is 0. The van der Waals surface area contributed by atoms with Crippen LogP contribution in [0.2, 0.25) is 0 Å². The fraction of sp³-hybridized carbons (Fsp3) is 1.00. The molecule has 15 heavy (non-hydrogen) atoms. The van der Waals surface area contributed by atoms with Gasteiger partial charge in [-0.3, -0.25) is 0 Å². The van der Waals surface area contributed by atoms with Gasteiger partial charge in [0.25, 0.3) is 0 Å². The molecule has 1 aliphatic rings. The van der Waals surface area contributed by atoms with Crippen molar-refractivity contribution >= 4 is 0 Å². The predicted molar refractivity (Wildman–Crippen MR) is 63.9 cm³/mol. The minimum absolute atomic E-state index is 0.196. The zero-order valence-corrected chi connectivity index (χ0v) is 10.7. The second kappa shape index (κ2) is 4.81. The van der Waals surface area contributed by atoms with Gasteiger partial charge in [-0.1, -0.05) is 6.92 Å². The number of rotatable bonds is 5. The standard InChI is InChI=1S/C12H26N2O/c1-5-11(2,3)14(4)9-12(8-13)6-7-15-10-12/h5-10,13H2,1-4H3. The van der Waals surface area contributed by atoms with Gasteiger partial charge in [0.2, 0.25) is 0 Å². The van der Waals surface area contributed by atoms with Crippen LogP contribution in [0.15, 0.2) is 0 Å². The molecule has 0 aromatic carbocycles. The fourth-order valence-electron chi connectivity index (χ4n) is 1.99. The summed E-state index contributed by atoms with van der Waals surface area (Å²) in [6, 6.07) is 0. The Balaban J connectivity index is 2.59. The van der Waals surface area contributed by atoms with E-state index in [-0.39, 0.29) is 11.0 Å². The van der Waals surface area contributed by atoms with Crippen molar-refractivity contribution in [2.45, 2.75) is 39.2 Å². The number of nitrogens with zero attached hydrogens (tertiary/aromatic N) is 1. The monoisotopic (exact) mass is 214 g/mol. The minimum Gasteiger partial charge on any atom is -0.381 e. The van der Waals surface area contributed by atoms with E-state index in [4.69, 9.17) is 10.5 Å². The van der Waals surface area contributed by atoms with Gasteiger partial charge in [0.05, 0.1) is 6.61 Å². The van der Waals surface area contributed by atoms with Crippen LogP contribution in [0.4, 0.5) is 0 Å². The van der Waals surface area contributed by atoms with E-state index in [1.54, 1.807) is 0 Å². The molecule has 1 fully saturated rings. The molecule has 1 heterocycles. The molecule has 1 aliphatic heterocycles. The molecule has 0 saturated carbocycles. The summed E-state index contributed by atoms with van der Waals surface area (Å²) in [7, 11) is 2.19. The van der Waals surface area contributed by atoms with Gasteiger partial charge in [-0.25, -0.2) is 0 Å². The van der Waals surface area contributed by atoms with Crippen LogP contribution in [-0.4, -0.2) is 43.8 Å². The van der Waals surface area contributed by atoms with Gasteiger partial charge >= 0.3 is 0 Å². The normalized spacial score (nSPS) is 27.6. The van der Waals surface area contributed by atoms with E-state index in [1.807, 2.05) is 0 Å². The molecule has 3 nitrogen and oxygen atoms in total. The minimum atomic E-state index is 0.196. The van der Waals surface area contributed by atoms with Crippen LogP contribution in [0.3, 0.4) is 0 Å². The molecule has 0 spiro atoms. The van der Waals surface area contributed by atoms with Crippen molar-refractivity contribution in [1.29, 1.82) is 0 Å². The van der Waals surface area contributed by atoms with Crippen molar-refractivity contribution in [1.82, 2.24) is 4.90 Å². The summed E-state index contributed by atoms with van der Waals surface area (Å²) >= 11 is 0. The molecule has 1 rings (SSSR count). The van der Waals surface area contributed by atoms with Crippen LogP contribution in [0.5, 0.6) is 0 Å². The zero-order valence-electron chi connectivity index (χ0n) is 10.7. The van der Waals surface area contributed by atoms with Gasteiger partial charge in [-0.05, 0) is 33.7 Å². The van der Waals surface area contributed by atoms with Crippen LogP contribution in [0.25, 0.3) is 0 Å². The Labute approximate surface area is 94.0 Å². The van der Waals surface area contributed by atoms with Crippen LogP contribution in [0.1, 0.15) is 33.6 Å². The molecular weight excluding hydrogens is 188 g/mol. The largest absolute Gasteiger partial charge is 0.381 e. The van der Waals surface area contributed by atoms with Crippen molar-refractivity contribution in [3.05, 3.63) is 0 Å². The lowest BCUT2D eigenvalue weighted by molar-refractivity contribution is 0.0718. The average Bonchev–Trinajstić information content (AvgIpc) is 2.67. The molecule has 0 radical (unpaired) electrons. The summed E-state index contributed by atoms with van der Waals surface area (Å²) in [4.78, 5) is 2.43. The molecule has 0 bridgehead atoms. The number of hydrogen-bond acceptors (Lipinski definition) is 3. The first kappa shape index (κ1) is 12.9. The molecule has 1 unspecified atom stereocenters. The lowest BCUT2D eigenvalue weighted by atomic mass is 9.85. The Bertz CT molecular complexity index is 198. The summed E-state index contributed by atoms with van der Waals surface area (Å²) in [6.07, 6.45) is 2.26. The first-order valence-corrected chi connectivity index (χ1v) is 5.95. The van der Waals surface area contributed by atoms with Gasteiger partial charge in [-0.15, -0.1) is 0 Å². The summed E-state index contributed by atoms with van der Waals surface area (Å²) < 4.78 is 5.49. The SMILES string of the molecule is CCC(C)(C)N(C)CC1(CN)CCOC1. The van der Waals surface area contributed by atoms with Crippen molar-refractivity contribution < 1.29 is 4.74 Å². The topological polar surface area (TPSA) is 38.5 Å². The van der Waals surface area contributed by atoms with Gasteiger partial charge in [0.15, 0.2) is 0 Å². The second-order valence-corrected chi connectivity index (χ2v) is 5.53. The number of nitrogens with two attached hydrogens (primary N) is 1. The van der Waals surface area contributed by atoms with E-state index in [0.29, 0.717) is 0 Å². The maximum Gasteiger partial charge on any atom is 0.0547 e. The molecule has 0 aromatic heterocycles. The highest BCUT2D eigenvalue weighted by molar-refractivity contribution is 4.90. The predicted octanol–water partition coefficient (Wildman–Crippen LogP) is 1.47. The Morgan fingerprint density at radius 1 is 1.47 bits per heavy atom. The van der Waals surface area contributed by atoms with Crippen LogP contribution >= 0.6 is 0 Å². The lowest BCUT2D eigenvalue weighted by Crippen LogP contribution is -2.49. The number of ether oxygens (including phenoxy) is 1. The van der Waals surface area contributed by atoms with Gasteiger partial charge in [-0.2, -0.15) is 0 Å². The van der Waals surface area contributed by atoms with E-state index in [0.717, 1.165) is 39.1 Å². The Kier molecular flexibility index (Phi) is 4.15. The van der Waals surface area contributed by atoms with E-state index in [2.05, 4.69) is 32.7 Å². The van der Waals surface area contributed by atoms with Gasteiger partial charge < -0.3 is 15.4 Å². The third kappa shape index (κ3) is 2.92. The third-order valence-electron chi connectivity index (χ3n) is 4.09. The van der Waals surface area contributed by atoms with Crippen molar-refractivity contribution in [2.75, 3.05) is 33.4 Å². The fourth-order valence-corrected chi connectivity index (χ4v) is 1.99. The molecule has 0 aromatic rings. The molecule has 0 amide bonds. The quantitative estimate of drug-likeness (QED) is 0.753. The lowest BCUT2D eigenvalue weighted by Gasteiger charge is -2.40. The van der Waals surface area contributed by atoms with Crippen molar-refractivity contribution in [3.63, 3.8) is 0 Å². The second-order valence-electron chi connectivity index (χ2n) is 5.53. The first-order valence-electron chi connectivity index (χ1n) is 5.95. The maximum atomic E-state index is 5.90. The Morgan fingerprint density at radius 2 is 2.13 bits per heavy atom. The van der Waals surface area contributed by atoms with Crippen LogP contribution in [-0.2, 0) is 4.74 Å². The van der Waals surface area contributed by atoms with Crippen molar-refractivity contribution in [3.8, 4) is 0 Å². The summed E-state index contributed by atoms with van der Waals surface area (Å²) in [5.41, 5.74) is 6.35. The van der Waals surface area contributed by atoms with Gasteiger partial charge in [0, 0.05) is 30.7 Å². The molecule has 90 valence electrons. The van der Waals surface area contributed by atoms with Crippen LogP contribution < -0.4 is 5.73 Å². The average molecular weight is 214 g/mol. The molecule has 1 atom stereocenters. The Hall–Kier alpha value is -0.120. The molecule has 1 saturated heterocycles. The summed E-state index contributed by atoms with van der Waals surface area (Å²) in [6.45, 7) is 10.3. The Morgan fingerprint density at radius 3 is 2.53 bits per heavy atom. The smallest absolute Gasteiger partial charge is 0.0547 e. The summed E-state index contributed by atoms with van der Waals surface area (Å²) in [5.74, 6) is 0. The van der Waals surface area contributed by atoms with E-state index < -0.39 is 0 Å². The van der Waals surface area contributed by atoms with E-state index in [9.17, 15) is 0 Å². The highest BCUT2D eigenvalue weighted by Gasteiger charge is 2.37. The zero-order chi connectivity index (χ0) is 11.5. The third-order valence-corrected chi connectivity index (χ3v) is 4.09. The molecule has 0 aliphatic carbocycles. The molecular formula is C12H26N2O. The highest BCUT2D eigenvalue weighted by atomic mass is 16.5. The highest BCUT2D eigenvalue weighted by Crippen LogP contribution is 2.30. The molecule has 3 heteroatoms. The number of hydrogen-bond donors (Lipinski definition) is 1.